The third-order valence-electron chi connectivity index (χ3n) is 6.82. The molecule has 0 unspecified atom stereocenters. The summed E-state index contributed by atoms with van der Waals surface area (Å²) in [6, 6.07) is 7.01. The fourth-order valence-corrected chi connectivity index (χ4v) is 6.06. The fraction of sp³-hybridized carbons (Fsp3) is 0.462. The number of benzene rings is 1. The van der Waals surface area contributed by atoms with Crippen LogP contribution in [0.15, 0.2) is 24.3 Å². The van der Waals surface area contributed by atoms with E-state index in [1.807, 2.05) is 36.1 Å². The third kappa shape index (κ3) is 5.68. The SMILES string of the molecule is CCOC(=O)CN1C[C@@H](NC(=O)c2cc3cc(C)ccc3[nH]2)[C@H](NC(=O)c2nc3c(s2)CN(C)CC3)C1. The number of nitrogens with zero attached hydrogens (tertiary/aromatic N) is 3. The number of hydrogen-bond donors (Lipinski definition) is 3. The van der Waals surface area contributed by atoms with Crippen molar-refractivity contribution in [3.63, 3.8) is 0 Å². The van der Waals surface area contributed by atoms with E-state index in [1.54, 1.807) is 6.92 Å². The number of thiazole rings is 1. The molecule has 2 aliphatic rings. The highest BCUT2D eigenvalue weighted by molar-refractivity contribution is 7.13. The van der Waals surface area contributed by atoms with Crippen molar-refractivity contribution < 1.29 is 19.1 Å². The number of H-pyrrole nitrogens is 1. The second-order valence-corrected chi connectivity index (χ2v) is 10.9. The molecule has 10 nitrogen and oxygen atoms in total. The highest BCUT2D eigenvalue weighted by atomic mass is 32.1. The highest BCUT2D eigenvalue weighted by Gasteiger charge is 2.37. The van der Waals surface area contributed by atoms with Crippen LogP contribution >= 0.6 is 11.3 Å². The van der Waals surface area contributed by atoms with Gasteiger partial charge >= 0.3 is 5.97 Å². The van der Waals surface area contributed by atoms with E-state index in [1.165, 1.54) is 11.3 Å². The van der Waals surface area contributed by atoms with Crippen LogP contribution in [0.1, 0.15) is 43.3 Å². The predicted molar refractivity (Wildman–Crippen MR) is 141 cm³/mol. The minimum Gasteiger partial charge on any atom is -0.465 e. The Balaban J connectivity index is 1.31. The van der Waals surface area contributed by atoms with Crippen LogP contribution in [-0.4, -0.2) is 89.5 Å². The van der Waals surface area contributed by atoms with Gasteiger partial charge in [0.05, 0.1) is 30.9 Å². The molecule has 2 amide bonds. The number of aryl methyl sites for hydroxylation is 1. The van der Waals surface area contributed by atoms with Gasteiger partial charge in [-0.05, 0) is 39.1 Å². The van der Waals surface area contributed by atoms with Crippen LogP contribution in [0.5, 0.6) is 0 Å². The third-order valence-corrected chi connectivity index (χ3v) is 7.90. The van der Waals surface area contributed by atoms with Gasteiger partial charge in [0.1, 0.15) is 5.69 Å². The molecule has 0 aliphatic carbocycles. The van der Waals surface area contributed by atoms with Crippen molar-refractivity contribution in [1.29, 1.82) is 0 Å². The van der Waals surface area contributed by atoms with Crippen LogP contribution in [0.2, 0.25) is 0 Å². The lowest BCUT2D eigenvalue weighted by Crippen LogP contribution is -2.51. The topological polar surface area (TPSA) is 120 Å². The van der Waals surface area contributed by atoms with E-state index in [2.05, 4.69) is 32.5 Å². The minimum atomic E-state index is -0.389. The van der Waals surface area contributed by atoms with Crippen molar-refractivity contribution in [2.45, 2.75) is 38.9 Å². The summed E-state index contributed by atoms with van der Waals surface area (Å²) in [6.07, 6.45) is 0.828. The monoisotopic (exact) mass is 524 g/mol. The van der Waals surface area contributed by atoms with Crippen LogP contribution in [0.25, 0.3) is 10.9 Å². The highest BCUT2D eigenvalue weighted by Crippen LogP contribution is 2.25. The first-order valence-corrected chi connectivity index (χ1v) is 13.4. The van der Waals surface area contributed by atoms with Gasteiger partial charge in [0.2, 0.25) is 0 Å². The number of carbonyl (C=O) groups is 3. The van der Waals surface area contributed by atoms with Crippen LogP contribution in [0.4, 0.5) is 0 Å². The second kappa shape index (κ2) is 10.6. The maximum Gasteiger partial charge on any atom is 0.320 e. The molecule has 196 valence electrons. The average Bonchev–Trinajstić information content (AvgIpc) is 3.55. The molecule has 4 heterocycles. The van der Waals surface area contributed by atoms with Gasteiger partial charge in [-0.1, -0.05) is 11.6 Å². The largest absolute Gasteiger partial charge is 0.465 e. The first-order valence-electron chi connectivity index (χ1n) is 12.5. The molecular formula is C26H32N6O4S. The predicted octanol–water partition coefficient (Wildman–Crippen LogP) is 1.70. The van der Waals surface area contributed by atoms with Gasteiger partial charge < -0.3 is 25.3 Å². The molecule has 0 radical (unpaired) electrons. The number of likely N-dealkylation sites (N-methyl/N-ethyl adjacent to an activating group) is 1. The minimum absolute atomic E-state index is 0.0934. The summed E-state index contributed by atoms with van der Waals surface area (Å²) < 4.78 is 5.10. The van der Waals surface area contributed by atoms with E-state index >= 15 is 0 Å². The second-order valence-electron chi connectivity index (χ2n) is 9.81. The van der Waals surface area contributed by atoms with E-state index in [9.17, 15) is 14.4 Å². The number of ether oxygens (including phenoxy) is 1. The molecule has 5 rings (SSSR count). The van der Waals surface area contributed by atoms with Crippen molar-refractivity contribution in [3.05, 3.63) is 51.1 Å². The lowest BCUT2D eigenvalue weighted by atomic mass is 10.1. The molecule has 1 aromatic carbocycles. The zero-order valence-corrected chi connectivity index (χ0v) is 22.1. The Kier molecular flexibility index (Phi) is 7.27. The standard InChI is InChI=1S/C26H32N6O4S/c1-4-36-23(33)14-32-11-20(28-24(34)19-10-16-9-15(2)5-6-17(16)27-19)21(12-32)29-25(35)26-30-18-7-8-31(3)13-22(18)37-26/h5-6,9-10,20-21,27H,4,7-8,11-14H2,1-3H3,(H,28,34)(H,29,35)/t20-,21-/m1/s1. The Morgan fingerprint density at radius 1 is 1.16 bits per heavy atom. The van der Waals surface area contributed by atoms with E-state index in [0.29, 0.717) is 30.4 Å². The summed E-state index contributed by atoms with van der Waals surface area (Å²) in [4.78, 5) is 51.4. The van der Waals surface area contributed by atoms with Gasteiger partial charge in [0.25, 0.3) is 11.8 Å². The summed E-state index contributed by atoms with van der Waals surface area (Å²) in [5.74, 6) is -0.850. The molecule has 2 atom stereocenters. The van der Waals surface area contributed by atoms with Crippen LogP contribution in [0.3, 0.4) is 0 Å². The normalized spacial score (nSPS) is 20.1. The van der Waals surface area contributed by atoms with Crippen LogP contribution < -0.4 is 10.6 Å². The molecular weight excluding hydrogens is 492 g/mol. The molecule has 3 N–H and O–H groups in total. The Hall–Kier alpha value is -3.28. The number of rotatable bonds is 7. The Morgan fingerprint density at radius 3 is 2.68 bits per heavy atom. The van der Waals surface area contributed by atoms with Crippen LogP contribution in [0, 0.1) is 6.92 Å². The maximum absolute atomic E-state index is 13.2. The van der Waals surface area contributed by atoms with Gasteiger partial charge in [-0.2, -0.15) is 0 Å². The summed E-state index contributed by atoms with van der Waals surface area (Å²) >= 11 is 1.42. The maximum atomic E-state index is 13.2. The number of nitrogens with one attached hydrogen (secondary N) is 3. The number of fused-ring (bicyclic) bond motifs is 2. The first-order chi connectivity index (χ1) is 17.8. The number of likely N-dealkylation sites (tertiary alicyclic amines) is 1. The lowest BCUT2D eigenvalue weighted by Gasteiger charge is -2.20. The number of aromatic amines is 1. The number of esters is 1. The molecule has 37 heavy (non-hydrogen) atoms. The van der Waals surface area contributed by atoms with Crippen molar-refractivity contribution in [2.24, 2.45) is 0 Å². The molecule has 0 spiro atoms. The van der Waals surface area contributed by atoms with E-state index in [-0.39, 0.29) is 36.4 Å². The molecule has 0 bridgehead atoms. The van der Waals surface area contributed by atoms with Gasteiger partial charge in [-0.15, -0.1) is 11.3 Å². The Labute approximate surface area is 219 Å². The fourth-order valence-electron chi connectivity index (χ4n) is 4.97. The summed E-state index contributed by atoms with van der Waals surface area (Å²) in [6.45, 7) is 6.70. The Morgan fingerprint density at radius 2 is 1.92 bits per heavy atom. The number of amides is 2. The average molecular weight is 525 g/mol. The Bertz CT molecular complexity index is 1330. The van der Waals surface area contributed by atoms with Crippen molar-refractivity contribution in [1.82, 2.24) is 30.4 Å². The first kappa shape index (κ1) is 25.4. The van der Waals surface area contributed by atoms with Crippen molar-refractivity contribution >= 4 is 40.0 Å². The smallest absolute Gasteiger partial charge is 0.320 e. The number of hydrogen-bond acceptors (Lipinski definition) is 8. The van der Waals surface area contributed by atoms with Crippen molar-refractivity contribution in [2.75, 3.05) is 39.8 Å². The van der Waals surface area contributed by atoms with E-state index in [4.69, 9.17) is 4.74 Å². The van der Waals surface area contributed by atoms with Gasteiger partial charge in [0.15, 0.2) is 5.01 Å². The summed E-state index contributed by atoms with van der Waals surface area (Å²) in [5.41, 5.74) is 3.44. The molecule has 1 fully saturated rings. The van der Waals surface area contributed by atoms with Crippen molar-refractivity contribution in [3.8, 4) is 0 Å². The lowest BCUT2D eigenvalue weighted by molar-refractivity contribution is -0.144. The van der Waals surface area contributed by atoms with Gasteiger partial charge in [-0.3, -0.25) is 19.3 Å². The number of carbonyl (C=O) groups excluding carboxylic acids is 3. The van der Waals surface area contributed by atoms with E-state index < -0.39 is 0 Å². The zero-order valence-electron chi connectivity index (χ0n) is 21.3. The number of aromatic nitrogens is 2. The van der Waals surface area contributed by atoms with E-state index in [0.717, 1.165) is 46.5 Å². The molecule has 2 aliphatic heterocycles. The molecule has 3 aromatic rings. The molecule has 11 heteroatoms. The van der Waals surface area contributed by atoms with Crippen LogP contribution in [-0.2, 0) is 22.5 Å². The summed E-state index contributed by atoms with van der Waals surface area (Å²) in [7, 11) is 2.06. The quantitative estimate of drug-likeness (QED) is 0.403. The van der Waals surface area contributed by atoms with Gasteiger partial charge in [-0.25, -0.2) is 4.98 Å². The van der Waals surface area contributed by atoms with Gasteiger partial charge in [0, 0.05) is 48.4 Å². The molecule has 0 saturated carbocycles. The zero-order chi connectivity index (χ0) is 26.1. The molecule has 1 saturated heterocycles. The summed E-state index contributed by atoms with van der Waals surface area (Å²) in [5, 5.41) is 7.53. The molecule has 2 aromatic heterocycles.